The lowest BCUT2D eigenvalue weighted by Crippen LogP contribution is -2.28. The minimum Gasteiger partial charge on any atom is -0.384 e. The number of aliphatic hydroxyl groups excluding tert-OH is 1. The molecular weight excluding hydrogens is 265 g/mol. The van der Waals surface area contributed by atoms with Gasteiger partial charge in [0, 0.05) is 18.2 Å². The number of hydrogen-bond donors (Lipinski definition) is 1. The quantitative estimate of drug-likeness (QED) is 0.813. The Kier molecular flexibility index (Phi) is 5.78. The second-order valence-corrected chi connectivity index (χ2v) is 6.15. The summed E-state index contributed by atoms with van der Waals surface area (Å²) in [7, 11) is 0. The third kappa shape index (κ3) is 5.15. The minimum atomic E-state index is -0.277. The normalized spacial score (nSPS) is 14.4. The molecule has 0 unspecified atom stereocenters. The van der Waals surface area contributed by atoms with Crippen molar-refractivity contribution in [2.75, 3.05) is 13.2 Å². The fraction of sp³-hybridized carbons (Fsp3) is 0.556. The molecule has 1 aromatic rings. The first kappa shape index (κ1) is 16.0. The molecule has 0 radical (unpaired) electrons. The molecule has 1 aliphatic rings. The van der Waals surface area contributed by atoms with E-state index < -0.39 is 0 Å². The maximum atomic E-state index is 13.4. The van der Waals surface area contributed by atoms with Gasteiger partial charge in [0.2, 0.25) is 0 Å². The summed E-state index contributed by atoms with van der Waals surface area (Å²) in [5, 5.41) is 8.84. The molecule has 1 aromatic carbocycles. The molecule has 0 saturated heterocycles. The third-order valence-electron chi connectivity index (χ3n) is 3.80. The van der Waals surface area contributed by atoms with Crippen LogP contribution in [0, 0.1) is 23.6 Å². The maximum absolute atomic E-state index is 13.4. The van der Waals surface area contributed by atoms with Crippen LogP contribution in [0.3, 0.4) is 0 Å². The summed E-state index contributed by atoms with van der Waals surface area (Å²) in [4.78, 5) is 2.48. The molecule has 0 aromatic heterocycles. The number of hydrogen-bond acceptors (Lipinski definition) is 2. The van der Waals surface area contributed by atoms with Crippen molar-refractivity contribution in [1.29, 1.82) is 0 Å². The van der Waals surface area contributed by atoms with E-state index in [2.05, 4.69) is 30.6 Å². The van der Waals surface area contributed by atoms with Crippen LogP contribution in [0.4, 0.5) is 4.39 Å². The standard InChI is InChI=1S/C18H24FNO/c1-14(2)9-10-20(18-7-8-18)13-16-5-6-17(19)12-15(16)4-3-11-21/h5-6,12,14,18,21H,7-11,13H2,1-2H3. The fourth-order valence-electron chi connectivity index (χ4n) is 2.41. The van der Waals surface area contributed by atoms with Gasteiger partial charge in [0.25, 0.3) is 0 Å². The van der Waals surface area contributed by atoms with Crippen molar-refractivity contribution in [2.45, 2.75) is 45.7 Å². The molecule has 0 amide bonds. The van der Waals surface area contributed by atoms with Crippen LogP contribution in [0.15, 0.2) is 18.2 Å². The van der Waals surface area contributed by atoms with Crippen molar-refractivity contribution in [3.8, 4) is 11.8 Å². The third-order valence-corrected chi connectivity index (χ3v) is 3.80. The smallest absolute Gasteiger partial charge is 0.124 e. The predicted molar refractivity (Wildman–Crippen MR) is 83.3 cm³/mol. The highest BCUT2D eigenvalue weighted by atomic mass is 19.1. The Bertz CT molecular complexity index is 526. The van der Waals surface area contributed by atoms with Crippen molar-refractivity contribution in [3.63, 3.8) is 0 Å². The first-order valence-corrected chi connectivity index (χ1v) is 7.72. The number of halogens is 1. The summed E-state index contributed by atoms with van der Waals surface area (Å²) >= 11 is 0. The van der Waals surface area contributed by atoms with Gasteiger partial charge in [-0.2, -0.15) is 0 Å². The van der Waals surface area contributed by atoms with Gasteiger partial charge in [-0.25, -0.2) is 4.39 Å². The summed E-state index contributed by atoms with van der Waals surface area (Å²) in [6, 6.07) is 5.45. The van der Waals surface area contributed by atoms with Crippen LogP contribution in [-0.4, -0.2) is 29.2 Å². The first-order chi connectivity index (χ1) is 10.1. The molecule has 1 aliphatic carbocycles. The van der Waals surface area contributed by atoms with Crippen LogP contribution in [0.25, 0.3) is 0 Å². The number of aliphatic hydroxyl groups is 1. The summed E-state index contributed by atoms with van der Waals surface area (Å²) in [5.74, 6) is 5.90. The summed E-state index contributed by atoms with van der Waals surface area (Å²) in [5.41, 5.74) is 1.74. The first-order valence-electron chi connectivity index (χ1n) is 7.72. The second kappa shape index (κ2) is 7.59. The monoisotopic (exact) mass is 289 g/mol. The highest BCUT2D eigenvalue weighted by Gasteiger charge is 2.29. The molecule has 2 nitrogen and oxygen atoms in total. The zero-order valence-corrected chi connectivity index (χ0v) is 12.9. The molecule has 21 heavy (non-hydrogen) atoms. The number of nitrogens with zero attached hydrogens (tertiary/aromatic N) is 1. The molecular formula is C18H24FNO. The lowest BCUT2D eigenvalue weighted by Gasteiger charge is -2.23. The summed E-state index contributed by atoms with van der Waals surface area (Å²) in [6.45, 7) is 6.16. The summed E-state index contributed by atoms with van der Waals surface area (Å²) in [6.07, 6.45) is 3.70. The van der Waals surface area contributed by atoms with E-state index in [0.29, 0.717) is 17.5 Å². The second-order valence-electron chi connectivity index (χ2n) is 6.15. The topological polar surface area (TPSA) is 23.5 Å². The van der Waals surface area contributed by atoms with Gasteiger partial charge in [0.15, 0.2) is 0 Å². The molecule has 0 bridgehead atoms. The molecule has 0 heterocycles. The highest BCUT2D eigenvalue weighted by Crippen LogP contribution is 2.29. The average molecular weight is 289 g/mol. The average Bonchev–Trinajstić information content (AvgIpc) is 3.27. The zero-order valence-electron chi connectivity index (χ0n) is 12.9. The van der Waals surface area contributed by atoms with Crippen molar-refractivity contribution >= 4 is 0 Å². The van der Waals surface area contributed by atoms with E-state index in [4.69, 9.17) is 5.11 Å². The SMILES string of the molecule is CC(C)CCN(Cc1ccc(F)cc1C#CCO)C1CC1. The largest absolute Gasteiger partial charge is 0.384 e. The molecule has 2 rings (SSSR count). The zero-order chi connectivity index (χ0) is 15.2. The van der Waals surface area contributed by atoms with Crippen LogP contribution in [0.5, 0.6) is 0 Å². The van der Waals surface area contributed by atoms with Crippen LogP contribution in [0.1, 0.15) is 44.2 Å². The Morgan fingerprint density at radius 3 is 2.76 bits per heavy atom. The van der Waals surface area contributed by atoms with E-state index in [1.54, 1.807) is 0 Å². The number of rotatable bonds is 6. The van der Waals surface area contributed by atoms with Gasteiger partial charge in [-0.05, 0) is 49.4 Å². The Morgan fingerprint density at radius 2 is 2.14 bits per heavy atom. The number of benzene rings is 1. The van der Waals surface area contributed by atoms with Gasteiger partial charge in [-0.15, -0.1) is 0 Å². The molecule has 0 aliphatic heterocycles. The molecule has 1 saturated carbocycles. The van der Waals surface area contributed by atoms with E-state index in [9.17, 15) is 4.39 Å². The van der Waals surface area contributed by atoms with Crippen LogP contribution in [0.2, 0.25) is 0 Å². The minimum absolute atomic E-state index is 0.199. The van der Waals surface area contributed by atoms with Gasteiger partial charge in [0.1, 0.15) is 12.4 Å². The van der Waals surface area contributed by atoms with E-state index in [1.807, 2.05) is 6.07 Å². The molecule has 0 spiro atoms. The summed E-state index contributed by atoms with van der Waals surface area (Å²) < 4.78 is 13.4. The van der Waals surface area contributed by atoms with Gasteiger partial charge >= 0.3 is 0 Å². The van der Waals surface area contributed by atoms with Gasteiger partial charge in [-0.1, -0.05) is 31.8 Å². The Balaban J connectivity index is 2.12. The Morgan fingerprint density at radius 1 is 1.38 bits per heavy atom. The lowest BCUT2D eigenvalue weighted by atomic mass is 10.1. The fourth-order valence-corrected chi connectivity index (χ4v) is 2.41. The lowest BCUT2D eigenvalue weighted by molar-refractivity contribution is 0.239. The van der Waals surface area contributed by atoms with Gasteiger partial charge in [0.05, 0.1) is 0 Å². The van der Waals surface area contributed by atoms with Gasteiger partial charge in [-0.3, -0.25) is 4.90 Å². The maximum Gasteiger partial charge on any atom is 0.124 e. The van der Waals surface area contributed by atoms with E-state index in [-0.39, 0.29) is 12.4 Å². The van der Waals surface area contributed by atoms with Crippen LogP contribution >= 0.6 is 0 Å². The Hall–Kier alpha value is -1.37. The molecule has 1 fully saturated rings. The van der Waals surface area contributed by atoms with E-state index in [1.165, 1.54) is 31.4 Å². The van der Waals surface area contributed by atoms with Gasteiger partial charge < -0.3 is 5.11 Å². The molecule has 0 atom stereocenters. The Labute approximate surface area is 127 Å². The van der Waals surface area contributed by atoms with E-state index in [0.717, 1.165) is 18.7 Å². The molecule has 114 valence electrons. The van der Waals surface area contributed by atoms with Crippen molar-refractivity contribution in [1.82, 2.24) is 4.90 Å². The van der Waals surface area contributed by atoms with Crippen LogP contribution in [-0.2, 0) is 6.54 Å². The highest BCUT2D eigenvalue weighted by molar-refractivity contribution is 5.41. The van der Waals surface area contributed by atoms with Crippen LogP contribution < -0.4 is 0 Å². The predicted octanol–water partition coefficient (Wildman–Crippen LogP) is 3.18. The van der Waals surface area contributed by atoms with Crippen molar-refractivity contribution < 1.29 is 9.50 Å². The van der Waals surface area contributed by atoms with Crippen molar-refractivity contribution in [3.05, 3.63) is 35.1 Å². The van der Waals surface area contributed by atoms with E-state index >= 15 is 0 Å². The van der Waals surface area contributed by atoms with Crippen molar-refractivity contribution in [2.24, 2.45) is 5.92 Å². The molecule has 3 heteroatoms. The molecule has 1 N–H and O–H groups in total.